The molecule has 0 atom stereocenters. The molecular formula is C30H31BN8+. The maximum Gasteiger partial charge on any atom is 0.553 e. The Morgan fingerprint density at radius 3 is 2.36 bits per heavy atom. The highest BCUT2D eigenvalue weighted by molar-refractivity contribution is 6.40. The summed E-state index contributed by atoms with van der Waals surface area (Å²) in [5, 5.41) is 9.05. The molecule has 7 rings (SSSR count). The summed E-state index contributed by atoms with van der Waals surface area (Å²) in [6, 6.07) is 20.8. The largest absolute Gasteiger partial charge is 0.553 e. The van der Waals surface area contributed by atoms with E-state index < -0.39 is 0 Å². The van der Waals surface area contributed by atoms with E-state index in [0.717, 1.165) is 52.8 Å². The minimum atomic E-state index is 0.760. The monoisotopic (exact) mass is 514 g/mol. The van der Waals surface area contributed by atoms with Gasteiger partial charge in [-0.1, -0.05) is 29.5 Å². The van der Waals surface area contributed by atoms with E-state index in [1.165, 1.54) is 36.4 Å². The molecule has 5 heterocycles. The maximum atomic E-state index is 6.05. The van der Waals surface area contributed by atoms with Crippen molar-refractivity contribution in [3.05, 3.63) is 96.0 Å². The number of hydrogen-bond acceptors (Lipinski definition) is 4. The van der Waals surface area contributed by atoms with E-state index in [-0.39, 0.29) is 0 Å². The highest BCUT2D eigenvalue weighted by Gasteiger charge is 2.40. The second kappa shape index (κ2) is 9.34. The first-order chi connectivity index (χ1) is 19.1. The summed E-state index contributed by atoms with van der Waals surface area (Å²) in [5.41, 5.74) is 14.4. The predicted molar refractivity (Wildman–Crippen MR) is 157 cm³/mol. The lowest BCUT2D eigenvalue weighted by atomic mass is 9.91. The molecule has 0 unspecified atom stereocenters. The SMILES string of the molecule is CN(C)c1ccc(-c2cn(-c3ccc4n3[B]N3C(=C4c4ccc(N)cc4)C=CC3=[N+]3CCCCC3)nn2)cc1. The van der Waals surface area contributed by atoms with Crippen LogP contribution in [0.15, 0.2) is 84.7 Å². The topological polar surface area (TPSA) is 71.2 Å². The first-order valence-electron chi connectivity index (χ1n) is 13.5. The van der Waals surface area contributed by atoms with Crippen molar-refractivity contribution in [3.63, 3.8) is 0 Å². The summed E-state index contributed by atoms with van der Waals surface area (Å²) in [5.74, 6) is 2.16. The number of nitrogen functional groups attached to an aromatic ring is 1. The molecule has 1 radical (unpaired) electrons. The third-order valence-electron chi connectivity index (χ3n) is 7.82. The summed E-state index contributed by atoms with van der Waals surface area (Å²) in [7, 11) is 6.28. The molecule has 2 aromatic carbocycles. The van der Waals surface area contributed by atoms with Gasteiger partial charge < -0.3 is 15.1 Å². The Morgan fingerprint density at radius 1 is 0.872 bits per heavy atom. The molecule has 39 heavy (non-hydrogen) atoms. The number of piperidine rings is 1. The number of fused-ring (bicyclic) bond motifs is 2. The van der Waals surface area contributed by atoms with Crippen molar-refractivity contribution in [2.24, 2.45) is 0 Å². The van der Waals surface area contributed by atoms with Crippen LogP contribution in [0.2, 0.25) is 0 Å². The molecule has 2 N–H and O–H groups in total. The van der Waals surface area contributed by atoms with Crippen LogP contribution in [0.3, 0.4) is 0 Å². The van der Waals surface area contributed by atoms with Crippen LogP contribution < -0.4 is 10.6 Å². The van der Waals surface area contributed by atoms with Crippen LogP contribution in [0.5, 0.6) is 0 Å². The molecule has 0 bridgehead atoms. The van der Waals surface area contributed by atoms with Gasteiger partial charge in [0, 0.05) is 48.4 Å². The molecule has 1 fully saturated rings. The summed E-state index contributed by atoms with van der Waals surface area (Å²) in [6.45, 7) is 2.16. The molecule has 0 aliphatic carbocycles. The quantitative estimate of drug-likeness (QED) is 0.253. The Hall–Kier alpha value is -4.53. The summed E-state index contributed by atoms with van der Waals surface area (Å²) in [6.07, 6.45) is 10.3. The minimum absolute atomic E-state index is 0.760. The first-order valence-corrected chi connectivity index (χ1v) is 13.5. The molecular weight excluding hydrogens is 483 g/mol. The minimum Gasteiger partial charge on any atom is -0.399 e. The van der Waals surface area contributed by atoms with Crippen molar-refractivity contribution in [1.29, 1.82) is 0 Å². The summed E-state index contributed by atoms with van der Waals surface area (Å²) >= 11 is 0. The lowest BCUT2D eigenvalue weighted by molar-refractivity contribution is -0.539. The molecule has 1 saturated heterocycles. The Bertz CT molecular complexity index is 1630. The molecule has 0 spiro atoms. The van der Waals surface area contributed by atoms with E-state index >= 15 is 0 Å². The van der Waals surface area contributed by atoms with Crippen molar-refractivity contribution >= 4 is 30.3 Å². The van der Waals surface area contributed by atoms with Gasteiger partial charge in [-0.2, -0.15) is 0 Å². The van der Waals surface area contributed by atoms with E-state index in [4.69, 9.17) is 5.73 Å². The third kappa shape index (κ3) is 4.05. The van der Waals surface area contributed by atoms with Crippen LogP contribution in [0, 0.1) is 0 Å². The molecule has 9 heteroatoms. The standard InChI is InChI=1S/C30H30BN8/c1-35(2)24-12-8-21(9-13-24)25-20-37(34-33-25)29-17-15-27-30(22-6-10-23(32)11-7-22)26-14-16-28(38(26)31-39(27)29)36-18-4-3-5-19-36/h6-17,20,32H,3-5,18-19H2,1-2H3/p+1. The molecule has 193 valence electrons. The zero-order valence-corrected chi connectivity index (χ0v) is 22.3. The van der Waals surface area contributed by atoms with Gasteiger partial charge in [-0.05, 0) is 67.3 Å². The van der Waals surface area contributed by atoms with Crippen LogP contribution in [0.1, 0.15) is 30.5 Å². The van der Waals surface area contributed by atoms with Gasteiger partial charge in [0.2, 0.25) is 0 Å². The van der Waals surface area contributed by atoms with Crippen molar-refractivity contribution in [2.75, 3.05) is 37.8 Å². The van der Waals surface area contributed by atoms with Crippen molar-refractivity contribution in [2.45, 2.75) is 19.3 Å². The second-order valence-corrected chi connectivity index (χ2v) is 10.5. The van der Waals surface area contributed by atoms with E-state index in [2.05, 4.69) is 97.3 Å². The average Bonchev–Trinajstić information content (AvgIpc) is 3.71. The molecule has 3 aliphatic rings. The van der Waals surface area contributed by atoms with Gasteiger partial charge in [0.25, 0.3) is 5.84 Å². The van der Waals surface area contributed by atoms with E-state index in [1.807, 2.05) is 37.1 Å². The molecule has 3 aliphatic heterocycles. The highest BCUT2D eigenvalue weighted by Crippen LogP contribution is 2.37. The average molecular weight is 514 g/mol. The van der Waals surface area contributed by atoms with Crippen LogP contribution in [0.25, 0.3) is 22.6 Å². The Labute approximate surface area is 229 Å². The summed E-state index contributed by atoms with van der Waals surface area (Å²) < 4.78 is 6.59. The number of amidine groups is 1. The Morgan fingerprint density at radius 2 is 1.62 bits per heavy atom. The van der Waals surface area contributed by atoms with Gasteiger partial charge in [-0.3, -0.25) is 9.39 Å². The molecule has 0 amide bonds. The van der Waals surface area contributed by atoms with Crippen LogP contribution in [-0.4, -0.2) is 69.4 Å². The lowest BCUT2D eigenvalue weighted by Crippen LogP contribution is -2.43. The van der Waals surface area contributed by atoms with Crippen molar-refractivity contribution in [1.82, 2.24) is 24.3 Å². The van der Waals surface area contributed by atoms with Gasteiger partial charge in [0.05, 0.1) is 19.3 Å². The van der Waals surface area contributed by atoms with Gasteiger partial charge in [0.15, 0.2) is 0 Å². The van der Waals surface area contributed by atoms with Crippen molar-refractivity contribution in [3.8, 4) is 17.1 Å². The number of hydrogen-bond donors (Lipinski definition) is 1. The molecule has 8 nitrogen and oxygen atoms in total. The van der Waals surface area contributed by atoms with Gasteiger partial charge in [-0.25, -0.2) is 4.68 Å². The predicted octanol–water partition coefficient (Wildman–Crippen LogP) is 4.01. The van der Waals surface area contributed by atoms with E-state index in [0.29, 0.717) is 0 Å². The normalized spacial score (nSPS) is 16.4. The summed E-state index contributed by atoms with van der Waals surface area (Å²) in [4.78, 5) is 4.41. The van der Waals surface area contributed by atoms with E-state index in [9.17, 15) is 0 Å². The highest BCUT2D eigenvalue weighted by atomic mass is 15.5. The molecule has 0 saturated carbocycles. The number of anilines is 2. The fourth-order valence-electron chi connectivity index (χ4n) is 5.72. The van der Waals surface area contributed by atoms with Crippen molar-refractivity contribution < 1.29 is 4.58 Å². The van der Waals surface area contributed by atoms with Crippen LogP contribution in [-0.2, 0) is 0 Å². The Kier molecular flexibility index (Phi) is 5.65. The zero-order valence-electron chi connectivity index (χ0n) is 22.3. The van der Waals surface area contributed by atoms with Gasteiger partial charge >= 0.3 is 7.55 Å². The Balaban J connectivity index is 1.32. The lowest BCUT2D eigenvalue weighted by Gasteiger charge is -2.27. The number of aromatic nitrogens is 4. The number of rotatable bonds is 4. The zero-order chi connectivity index (χ0) is 26.5. The smallest absolute Gasteiger partial charge is 0.399 e. The fraction of sp³-hybridized carbons (Fsp3) is 0.233. The van der Waals surface area contributed by atoms with Crippen LogP contribution >= 0.6 is 0 Å². The first kappa shape index (κ1) is 23.6. The van der Waals surface area contributed by atoms with Gasteiger partial charge in [-0.15, -0.1) is 5.10 Å². The molecule has 4 aromatic rings. The molecule has 2 aromatic heterocycles. The fourth-order valence-corrected chi connectivity index (χ4v) is 5.72. The number of allylic oxidation sites excluding steroid dienone is 1. The maximum absolute atomic E-state index is 6.05. The van der Waals surface area contributed by atoms with E-state index in [1.54, 1.807) is 0 Å². The third-order valence-corrected chi connectivity index (χ3v) is 7.82. The number of nitrogens with zero attached hydrogens (tertiary/aromatic N) is 7. The number of nitrogens with two attached hydrogens (primary N) is 1. The van der Waals surface area contributed by atoms with Gasteiger partial charge in [0.1, 0.15) is 17.2 Å². The second-order valence-electron chi connectivity index (χ2n) is 10.5. The van der Waals surface area contributed by atoms with Crippen LogP contribution in [0.4, 0.5) is 11.4 Å². The number of benzene rings is 2.